The van der Waals surface area contributed by atoms with E-state index >= 15 is 0 Å². The van der Waals surface area contributed by atoms with Crippen molar-refractivity contribution < 1.29 is 19.1 Å². The molecule has 152 valence electrons. The molecule has 1 aliphatic heterocycles. The monoisotopic (exact) mass is 432 g/mol. The van der Waals surface area contributed by atoms with E-state index in [0.717, 1.165) is 10.5 Å². The molecule has 8 heteroatoms. The molecule has 6 nitrogen and oxygen atoms in total. The molecule has 2 aromatic carbocycles. The number of fused-ring (bicyclic) bond motifs is 1. The fourth-order valence-corrected chi connectivity index (χ4v) is 4.13. The van der Waals surface area contributed by atoms with Crippen molar-refractivity contribution in [3.63, 3.8) is 0 Å². The van der Waals surface area contributed by atoms with Crippen molar-refractivity contribution in [3.05, 3.63) is 59.1 Å². The van der Waals surface area contributed by atoms with Crippen molar-refractivity contribution in [2.24, 2.45) is 0 Å². The van der Waals surface area contributed by atoms with Gasteiger partial charge in [-0.05, 0) is 30.7 Å². The van der Waals surface area contributed by atoms with E-state index in [1.165, 1.54) is 11.8 Å². The van der Waals surface area contributed by atoms with Crippen LogP contribution in [0, 0.1) is 0 Å². The van der Waals surface area contributed by atoms with Crippen LogP contribution in [0.4, 0.5) is 5.69 Å². The maximum atomic E-state index is 12.4. The lowest BCUT2D eigenvalue weighted by molar-refractivity contribution is -0.152. The van der Waals surface area contributed by atoms with E-state index in [2.05, 4.69) is 5.32 Å². The van der Waals surface area contributed by atoms with Crippen molar-refractivity contribution in [3.8, 4) is 0 Å². The molecule has 2 aromatic rings. The van der Waals surface area contributed by atoms with E-state index in [-0.39, 0.29) is 24.8 Å². The number of nitrogens with one attached hydrogen (secondary N) is 1. The summed E-state index contributed by atoms with van der Waals surface area (Å²) in [4.78, 5) is 39.3. The number of ether oxygens (including phenoxy) is 1. The number of anilines is 1. The molecule has 1 N–H and O–H groups in total. The number of carbonyl (C=O) groups excluding carboxylic acids is 3. The van der Waals surface area contributed by atoms with Gasteiger partial charge >= 0.3 is 5.97 Å². The molecular weight excluding hydrogens is 412 g/mol. The SMILES string of the molecule is CCN(Cc1ccccc1)C(=O)COC(=O)CC1Sc2ccc(Cl)cc2NC1=O. The summed E-state index contributed by atoms with van der Waals surface area (Å²) in [7, 11) is 0. The first kappa shape index (κ1) is 21.2. The average molecular weight is 433 g/mol. The fourth-order valence-electron chi connectivity index (χ4n) is 2.88. The number of hydrogen-bond acceptors (Lipinski definition) is 5. The third-order valence-electron chi connectivity index (χ3n) is 4.42. The number of amides is 2. The van der Waals surface area contributed by atoms with Crippen molar-refractivity contribution in [2.45, 2.75) is 30.0 Å². The molecule has 0 aliphatic carbocycles. The van der Waals surface area contributed by atoms with Crippen LogP contribution >= 0.6 is 23.4 Å². The number of likely N-dealkylation sites (N-methyl/N-ethyl adjacent to an activating group) is 1. The van der Waals surface area contributed by atoms with Gasteiger partial charge in [0.25, 0.3) is 5.91 Å². The number of carbonyl (C=O) groups is 3. The molecule has 0 radical (unpaired) electrons. The van der Waals surface area contributed by atoms with Crippen LogP contribution in [0.25, 0.3) is 0 Å². The second-order valence-electron chi connectivity index (χ2n) is 6.49. The van der Waals surface area contributed by atoms with Crippen LogP contribution < -0.4 is 5.32 Å². The molecule has 0 saturated carbocycles. The van der Waals surface area contributed by atoms with E-state index in [0.29, 0.717) is 23.8 Å². The quantitative estimate of drug-likeness (QED) is 0.674. The maximum Gasteiger partial charge on any atom is 0.307 e. The lowest BCUT2D eigenvalue weighted by Crippen LogP contribution is -2.35. The predicted molar refractivity (Wildman–Crippen MR) is 113 cm³/mol. The molecule has 3 rings (SSSR count). The molecule has 29 heavy (non-hydrogen) atoms. The highest BCUT2D eigenvalue weighted by Gasteiger charge is 2.30. The van der Waals surface area contributed by atoms with Gasteiger partial charge in [0, 0.05) is 23.0 Å². The summed E-state index contributed by atoms with van der Waals surface area (Å²) in [6, 6.07) is 14.8. The molecular formula is C21H21ClN2O4S. The molecule has 0 spiro atoms. The maximum absolute atomic E-state index is 12.4. The zero-order valence-electron chi connectivity index (χ0n) is 15.9. The van der Waals surface area contributed by atoms with Crippen LogP contribution in [-0.2, 0) is 25.7 Å². The summed E-state index contributed by atoms with van der Waals surface area (Å²) in [6.45, 7) is 2.49. The molecule has 1 atom stereocenters. The smallest absolute Gasteiger partial charge is 0.307 e. The average Bonchev–Trinajstić information content (AvgIpc) is 2.71. The Hall–Kier alpha value is -2.51. The van der Waals surface area contributed by atoms with Crippen molar-refractivity contribution in [1.29, 1.82) is 0 Å². The van der Waals surface area contributed by atoms with Crippen LogP contribution in [0.1, 0.15) is 18.9 Å². The summed E-state index contributed by atoms with van der Waals surface area (Å²) < 4.78 is 5.14. The second-order valence-corrected chi connectivity index (χ2v) is 8.18. The zero-order chi connectivity index (χ0) is 20.8. The molecule has 1 heterocycles. The van der Waals surface area contributed by atoms with Crippen molar-refractivity contribution in [2.75, 3.05) is 18.5 Å². The zero-order valence-corrected chi connectivity index (χ0v) is 17.5. The lowest BCUT2D eigenvalue weighted by atomic mass is 10.2. The van der Waals surface area contributed by atoms with Gasteiger partial charge in [-0.25, -0.2) is 0 Å². The standard InChI is InChI=1S/C21H21ClN2O4S/c1-2-24(12-14-6-4-3-5-7-14)19(25)13-28-20(26)11-18-21(27)23-16-10-15(22)8-9-17(16)29-18/h3-10,18H,2,11-13H2,1H3,(H,23,27). The summed E-state index contributed by atoms with van der Waals surface area (Å²) in [5, 5.41) is 2.66. The minimum atomic E-state index is -0.613. The highest BCUT2D eigenvalue weighted by Crippen LogP contribution is 2.38. The number of esters is 1. The topological polar surface area (TPSA) is 75.7 Å². The number of halogens is 1. The molecule has 1 aliphatic rings. The summed E-state index contributed by atoms with van der Waals surface area (Å²) in [5.41, 5.74) is 1.63. The Labute approximate surface area is 178 Å². The van der Waals surface area contributed by atoms with E-state index in [1.54, 1.807) is 23.1 Å². The minimum absolute atomic E-state index is 0.114. The Bertz CT molecular complexity index is 907. The van der Waals surface area contributed by atoms with Crippen LogP contribution in [0.2, 0.25) is 5.02 Å². The number of rotatable bonds is 7. The second kappa shape index (κ2) is 9.80. The predicted octanol–water partition coefficient (Wildman–Crippen LogP) is 3.73. The summed E-state index contributed by atoms with van der Waals surface area (Å²) >= 11 is 7.22. The van der Waals surface area contributed by atoms with Gasteiger partial charge < -0.3 is 15.0 Å². The van der Waals surface area contributed by atoms with Gasteiger partial charge in [-0.3, -0.25) is 14.4 Å². The summed E-state index contributed by atoms with van der Waals surface area (Å²) in [6.07, 6.45) is -0.114. The normalized spacial score (nSPS) is 15.2. The molecule has 0 aromatic heterocycles. The first-order valence-corrected chi connectivity index (χ1v) is 10.5. The van der Waals surface area contributed by atoms with Gasteiger partial charge in [0.2, 0.25) is 5.91 Å². The van der Waals surface area contributed by atoms with Gasteiger partial charge in [0.05, 0.1) is 17.4 Å². The molecule has 0 fully saturated rings. The molecule has 0 bridgehead atoms. The first-order valence-electron chi connectivity index (χ1n) is 9.20. The van der Waals surface area contributed by atoms with Gasteiger partial charge in [0.1, 0.15) is 0 Å². The molecule has 1 unspecified atom stereocenters. The van der Waals surface area contributed by atoms with Crippen molar-refractivity contribution in [1.82, 2.24) is 4.90 Å². The first-order chi connectivity index (χ1) is 14.0. The number of thioether (sulfide) groups is 1. The highest BCUT2D eigenvalue weighted by molar-refractivity contribution is 8.01. The van der Waals surface area contributed by atoms with Crippen LogP contribution in [0.5, 0.6) is 0 Å². The van der Waals surface area contributed by atoms with Gasteiger partial charge in [-0.2, -0.15) is 0 Å². The Morgan fingerprint density at radius 2 is 1.97 bits per heavy atom. The van der Waals surface area contributed by atoms with E-state index in [4.69, 9.17) is 16.3 Å². The highest BCUT2D eigenvalue weighted by atomic mass is 35.5. The van der Waals surface area contributed by atoms with Gasteiger partial charge in [-0.1, -0.05) is 41.9 Å². The van der Waals surface area contributed by atoms with E-state index in [9.17, 15) is 14.4 Å². The Balaban J connectivity index is 1.50. The molecule has 0 saturated heterocycles. The summed E-state index contributed by atoms with van der Waals surface area (Å²) in [5.74, 6) is -1.14. The van der Waals surface area contributed by atoms with E-state index < -0.39 is 11.2 Å². The lowest BCUT2D eigenvalue weighted by Gasteiger charge is -2.24. The largest absolute Gasteiger partial charge is 0.456 e. The van der Waals surface area contributed by atoms with Crippen LogP contribution in [-0.4, -0.2) is 41.1 Å². The third kappa shape index (κ3) is 5.74. The number of hydrogen-bond donors (Lipinski definition) is 1. The Kier molecular flexibility index (Phi) is 7.17. The fraction of sp³-hybridized carbons (Fsp3) is 0.286. The van der Waals surface area contributed by atoms with Crippen LogP contribution in [0.15, 0.2) is 53.4 Å². The molecule has 2 amide bonds. The van der Waals surface area contributed by atoms with Gasteiger partial charge in [-0.15, -0.1) is 11.8 Å². The minimum Gasteiger partial charge on any atom is -0.456 e. The Morgan fingerprint density at radius 3 is 2.69 bits per heavy atom. The van der Waals surface area contributed by atoms with E-state index in [1.807, 2.05) is 37.3 Å². The third-order valence-corrected chi connectivity index (χ3v) is 5.93. The number of benzene rings is 2. The van der Waals surface area contributed by atoms with Crippen molar-refractivity contribution >= 4 is 46.8 Å². The van der Waals surface area contributed by atoms with Crippen LogP contribution in [0.3, 0.4) is 0 Å². The number of nitrogens with zero attached hydrogens (tertiary/aromatic N) is 1. The van der Waals surface area contributed by atoms with Gasteiger partial charge in [0.15, 0.2) is 6.61 Å². The Morgan fingerprint density at radius 1 is 1.21 bits per heavy atom.